The van der Waals surface area contributed by atoms with E-state index in [1.54, 1.807) is 19.1 Å². The molecule has 1 unspecified atom stereocenters. The van der Waals surface area contributed by atoms with Crippen molar-refractivity contribution in [2.75, 3.05) is 5.88 Å². The van der Waals surface area contributed by atoms with Gasteiger partial charge in [-0.25, -0.2) is 0 Å². The molecular weight excluding hydrogens is 286 g/mol. The van der Waals surface area contributed by atoms with E-state index < -0.39 is 5.54 Å². The molecule has 0 aliphatic carbocycles. The number of aromatic hydroxyl groups is 1. The third-order valence-electron chi connectivity index (χ3n) is 3.53. The Labute approximate surface area is 129 Å². The Hall–Kier alpha value is -2.00. The number of hydrogen-bond donors (Lipinski definition) is 2. The van der Waals surface area contributed by atoms with Gasteiger partial charge in [0, 0.05) is 11.4 Å². The number of phenolic OH excluding ortho intramolecular Hbond substituents is 1. The molecule has 0 aliphatic heterocycles. The van der Waals surface area contributed by atoms with E-state index in [-0.39, 0.29) is 17.5 Å². The van der Waals surface area contributed by atoms with E-state index in [9.17, 15) is 9.90 Å². The highest BCUT2D eigenvalue weighted by atomic mass is 35.5. The molecule has 0 radical (unpaired) electrons. The van der Waals surface area contributed by atoms with Crippen molar-refractivity contribution in [3.63, 3.8) is 0 Å². The maximum Gasteiger partial charge on any atom is 0.252 e. The number of carbonyl (C=O) groups excluding carboxylic acids is 1. The van der Waals surface area contributed by atoms with Crippen LogP contribution in [0.4, 0.5) is 0 Å². The highest BCUT2D eigenvalue weighted by Crippen LogP contribution is 2.23. The lowest BCUT2D eigenvalue weighted by Crippen LogP contribution is -2.45. The quantitative estimate of drug-likeness (QED) is 0.848. The normalized spacial score (nSPS) is 13.5. The van der Waals surface area contributed by atoms with Gasteiger partial charge in [-0.2, -0.15) is 0 Å². The SMILES string of the molecule is Cc1cc(C(=O)NC(C)(CCl)c2ccccc2)ccc1O. The molecular formula is C17H18ClNO2. The molecule has 0 heterocycles. The lowest BCUT2D eigenvalue weighted by atomic mass is 9.93. The minimum atomic E-state index is -0.647. The summed E-state index contributed by atoms with van der Waals surface area (Å²) in [5, 5.41) is 12.5. The average molecular weight is 304 g/mol. The van der Waals surface area contributed by atoms with Crippen molar-refractivity contribution in [3.8, 4) is 5.75 Å². The summed E-state index contributed by atoms with van der Waals surface area (Å²) in [5.41, 5.74) is 1.46. The monoisotopic (exact) mass is 303 g/mol. The minimum absolute atomic E-state index is 0.176. The Morgan fingerprint density at radius 2 is 1.90 bits per heavy atom. The van der Waals surface area contributed by atoms with Gasteiger partial charge < -0.3 is 10.4 Å². The summed E-state index contributed by atoms with van der Waals surface area (Å²) in [5.74, 6) is 0.222. The van der Waals surface area contributed by atoms with Crippen molar-refractivity contribution in [1.82, 2.24) is 5.32 Å². The first-order chi connectivity index (χ1) is 9.96. The fraction of sp³-hybridized carbons (Fsp3) is 0.235. The zero-order valence-corrected chi connectivity index (χ0v) is 12.8. The molecule has 0 bridgehead atoms. The van der Waals surface area contributed by atoms with Crippen LogP contribution in [0.15, 0.2) is 48.5 Å². The number of alkyl halides is 1. The maximum atomic E-state index is 12.4. The van der Waals surface area contributed by atoms with Gasteiger partial charge in [0.2, 0.25) is 0 Å². The van der Waals surface area contributed by atoms with Crippen molar-refractivity contribution >= 4 is 17.5 Å². The smallest absolute Gasteiger partial charge is 0.252 e. The summed E-state index contributed by atoms with van der Waals surface area (Å²) in [6, 6.07) is 14.4. The molecule has 1 amide bonds. The number of nitrogens with one attached hydrogen (secondary N) is 1. The van der Waals surface area contributed by atoms with Gasteiger partial charge in [-0.3, -0.25) is 4.79 Å². The number of amides is 1. The Kier molecular flexibility index (Phi) is 4.53. The van der Waals surface area contributed by atoms with Gasteiger partial charge >= 0.3 is 0 Å². The van der Waals surface area contributed by atoms with E-state index in [1.807, 2.05) is 37.3 Å². The maximum absolute atomic E-state index is 12.4. The van der Waals surface area contributed by atoms with Gasteiger partial charge in [-0.1, -0.05) is 30.3 Å². The Morgan fingerprint density at radius 1 is 1.24 bits per heavy atom. The molecule has 4 heteroatoms. The molecule has 1 atom stereocenters. The molecule has 2 rings (SSSR count). The van der Waals surface area contributed by atoms with Crippen LogP contribution in [0, 0.1) is 6.92 Å². The summed E-state index contributed by atoms with van der Waals surface area (Å²) in [6.45, 7) is 3.64. The molecule has 2 aromatic rings. The van der Waals surface area contributed by atoms with Gasteiger partial charge in [0.05, 0.1) is 5.54 Å². The summed E-state index contributed by atoms with van der Waals surface area (Å²) < 4.78 is 0. The predicted molar refractivity (Wildman–Crippen MR) is 84.8 cm³/mol. The second kappa shape index (κ2) is 6.19. The number of hydrogen-bond acceptors (Lipinski definition) is 2. The zero-order valence-electron chi connectivity index (χ0n) is 12.1. The number of benzene rings is 2. The summed E-state index contributed by atoms with van der Waals surface area (Å²) in [4.78, 5) is 12.4. The van der Waals surface area contributed by atoms with Crippen molar-refractivity contribution in [3.05, 3.63) is 65.2 Å². The van der Waals surface area contributed by atoms with Crippen LogP contribution in [0.25, 0.3) is 0 Å². The van der Waals surface area contributed by atoms with Gasteiger partial charge in [0.1, 0.15) is 5.75 Å². The first-order valence-electron chi connectivity index (χ1n) is 6.70. The lowest BCUT2D eigenvalue weighted by Gasteiger charge is -2.29. The van der Waals surface area contributed by atoms with Crippen LogP contribution in [0.2, 0.25) is 0 Å². The number of phenols is 1. The third-order valence-corrected chi connectivity index (χ3v) is 4.06. The van der Waals surface area contributed by atoms with Crippen molar-refractivity contribution in [2.45, 2.75) is 19.4 Å². The molecule has 0 aliphatic rings. The Balaban J connectivity index is 2.26. The van der Waals surface area contributed by atoms with Crippen LogP contribution < -0.4 is 5.32 Å². The zero-order chi connectivity index (χ0) is 15.5. The highest BCUT2D eigenvalue weighted by molar-refractivity contribution is 6.19. The number of halogens is 1. The second-order valence-electron chi connectivity index (χ2n) is 5.29. The summed E-state index contributed by atoms with van der Waals surface area (Å²) in [6.07, 6.45) is 0. The van der Waals surface area contributed by atoms with Crippen molar-refractivity contribution in [2.24, 2.45) is 0 Å². The van der Waals surface area contributed by atoms with E-state index in [2.05, 4.69) is 5.32 Å². The fourth-order valence-corrected chi connectivity index (χ4v) is 2.33. The molecule has 3 nitrogen and oxygen atoms in total. The summed E-state index contributed by atoms with van der Waals surface area (Å²) in [7, 11) is 0. The molecule has 0 saturated carbocycles. The van der Waals surface area contributed by atoms with Crippen LogP contribution in [0.1, 0.15) is 28.4 Å². The van der Waals surface area contributed by atoms with E-state index in [4.69, 9.17) is 11.6 Å². The average Bonchev–Trinajstić information content (AvgIpc) is 2.50. The van der Waals surface area contributed by atoms with Crippen LogP contribution in [0.3, 0.4) is 0 Å². The molecule has 0 fully saturated rings. The molecule has 0 spiro atoms. The van der Waals surface area contributed by atoms with Gasteiger partial charge in [0.15, 0.2) is 0 Å². The predicted octanol–water partition coefficient (Wildman–Crippen LogP) is 3.58. The van der Waals surface area contributed by atoms with Gasteiger partial charge in [0.25, 0.3) is 5.91 Å². The number of aryl methyl sites for hydroxylation is 1. The summed E-state index contributed by atoms with van der Waals surface area (Å²) >= 11 is 6.08. The van der Waals surface area contributed by atoms with Gasteiger partial charge in [-0.05, 0) is 43.2 Å². The number of carbonyl (C=O) groups is 1. The van der Waals surface area contributed by atoms with Crippen LogP contribution in [-0.2, 0) is 5.54 Å². The molecule has 2 N–H and O–H groups in total. The van der Waals surface area contributed by atoms with Crippen LogP contribution >= 0.6 is 11.6 Å². The van der Waals surface area contributed by atoms with Crippen LogP contribution in [0.5, 0.6) is 5.75 Å². The molecule has 0 saturated heterocycles. The van der Waals surface area contributed by atoms with Crippen molar-refractivity contribution < 1.29 is 9.90 Å². The number of rotatable bonds is 4. The Morgan fingerprint density at radius 3 is 2.48 bits per heavy atom. The lowest BCUT2D eigenvalue weighted by molar-refractivity contribution is 0.0913. The first kappa shape index (κ1) is 15.4. The van der Waals surface area contributed by atoms with Crippen molar-refractivity contribution in [1.29, 1.82) is 0 Å². The first-order valence-corrected chi connectivity index (χ1v) is 7.23. The molecule has 2 aromatic carbocycles. The van der Waals surface area contributed by atoms with E-state index in [1.165, 1.54) is 6.07 Å². The van der Waals surface area contributed by atoms with Gasteiger partial charge in [-0.15, -0.1) is 11.6 Å². The standard InChI is InChI=1S/C17H18ClNO2/c1-12-10-13(8-9-15(12)20)16(21)19-17(2,11-18)14-6-4-3-5-7-14/h3-10,20H,11H2,1-2H3,(H,19,21). The largest absolute Gasteiger partial charge is 0.508 e. The topological polar surface area (TPSA) is 49.3 Å². The van der Waals surface area contributed by atoms with E-state index >= 15 is 0 Å². The Bertz CT molecular complexity index is 642. The highest BCUT2D eigenvalue weighted by Gasteiger charge is 2.28. The molecule has 110 valence electrons. The molecule has 21 heavy (non-hydrogen) atoms. The molecule has 0 aromatic heterocycles. The minimum Gasteiger partial charge on any atom is -0.508 e. The van der Waals surface area contributed by atoms with Crippen LogP contribution in [-0.4, -0.2) is 16.9 Å². The second-order valence-corrected chi connectivity index (χ2v) is 5.55. The van der Waals surface area contributed by atoms with E-state index in [0.29, 0.717) is 11.1 Å². The third kappa shape index (κ3) is 3.37. The van der Waals surface area contributed by atoms with E-state index in [0.717, 1.165) is 5.56 Å². The fourth-order valence-electron chi connectivity index (χ4n) is 2.11.